The number of carbonyl (C=O) groups is 2. The van der Waals surface area contributed by atoms with Crippen LogP contribution < -0.4 is 0 Å². The van der Waals surface area contributed by atoms with Gasteiger partial charge in [0, 0.05) is 12.8 Å². The van der Waals surface area contributed by atoms with E-state index in [1.54, 1.807) is 11.8 Å². The van der Waals surface area contributed by atoms with Gasteiger partial charge in [-0.15, -0.1) is 0 Å². The Balaban J connectivity index is 4.02. The van der Waals surface area contributed by atoms with Gasteiger partial charge in [0.2, 0.25) is 0 Å². The molecule has 0 saturated heterocycles. The van der Waals surface area contributed by atoms with Crippen LogP contribution in [-0.4, -0.2) is 34.7 Å². The molecule has 256 valence electrons. The van der Waals surface area contributed by atoms with E-state index in [0.29, 0.717) is 12.8 Å². The third-order valence-electron chi connectivity index (χ3n) is 8.66. The molecule has 0 saturated carbocycles. The molecule has 0 spiro atoms. The topological polar surface area (TPSA) is 63.6 Å². The summed E-state index contributed by atoms with van der Waals surface area (Å²) in [5.41, 5.74) is 0. The summed E-state index contributed by atoms with van der Waals surface area (Å²) in [4.78, 5) is 23.2. The molecule has 1 unspecified atom stereocenters. The maximum atomic E-state index is 12.6. The number of hydrogen-bond acceptors (Lipinski definition) is 4. The summed E-state index contributed by atoms with van der Waals surface area (Å²) in [6.45, 7) is 4.56. The maximum absolute atomic E-state index is 12.6. The van der Waals surface area contributed by atoms with Crippen LogP contribution in [0.3, 0.4) is 0 Å². The summed E-state index contributed by atoms with van der Waals surface area (Å²) in [6.07, 6.45) is 38.3. The van der Waals surface area contributed by atoms with E-state index in [1.807, 2.05) is 0 Å². The number of esters is 1. The number of carboxylic acids is 1. The highest BCUT2D eigenvalue weighted by Crippen LogP contribution is 2.19. The monoisotopic (exact) mass is 627 g/mol. The Morgan fingerprint density at radius 3 is 1.16 bits per heavy atom. The van der Waals surface area contributed by atoms with Crippen molar-refractivity contribution in [2.75, 3.05) is 11.5 Å². The minimum Gasteiger partial charge on any atom is -0.481 e. The Kier molecular flexibility index (Phi) is 35.2. The highest BCUT2D eigenvalue weighted by atomic mass is 32.2. The Hall–Kier alpha value is -0.710. The predicted molar refractivity (Wildman–Crippen MR) is 189 cm³/mol. The van der Waals surface area contributed by atoms with E-state index in [0.717, 1.165) is 30.8 Å². The van der Waals surface area contributed by atoms with E-state index in [-0.39, 0.29) is 18.5 Å². The standard InChI is InChI=1S/C38H74O4S/c1-3-5-7-9-11-13-15-16-17-18-19-21-23-25-27-31-36(30-26-24-22-20-14-12-10-8-6-4-2)42-38(41)33-29-35-43-34-28-32-37(39)40/h36H,3-35H2,1-2H3,(H,39,40). The first-order valence-corrected chi connectivity index (χ1v) is 20.2. The molecule has 0 aliphatic rings. The second kappa shape index (κ2) is 35.8. The lowest BCUT2D eigenvalue weighted by Gasteiger charge is -2.18. The maximum Gasteiger partial charge on any atom is 0.306 e. The molecule has 0 heterocycles. The molecule has 1 N–H and O–H groups in total. The average molecular weight is 627 g/mol. The van der Waals surface area contributed by atoms with Gasteiger partial charge in [-0.2, -0.15) is 11.8 Å². The number of thioether (sulfide) groups is 1. The first kappa shape index (κ1) is 42.3. The number of carbonyl (C=O) groups excluding carboxylic acids is 1. The molecule has 5 heteroatoms. The molecule has 0 fully saturated rings. The molecule has 4 nitrogen and oxygen atoms in total. The van der Waals surface area contributed by atoms with Gasteiger partial charge >= 0.3 is 11.9 Å². The van der Waals surface area contributed by atoms with E-state index in [9.17, 15) is 9.59 Å². The fraction of sp³-hybridized carbons (Fsp3) is 0.947. The fourth-order valence-corrected chi connectivity index (χ4v) is 6.76. The van der Waals surface area contributed by atoms with Gasteiger partial charge in [0.1, 0.15) is 6.10 Å². The van der Waals surface area contributed by atoms with Crippen molar-refractivity contribution in [2.45, 2.75) is 219 Å². The number of carboxylic acid groups (broad SMARTS) is 1. The third kappa shape index (κ3) is 35.6. The SMILES string of the molecule is CCCCCCCCCCCCCCCCCC(CCCCCCCCCCCC)OC(=O)CCCSCCCC(=O)O. The van der Waals surface area contributed by atoms with Crippen LogP contribution in [0.1, 0.15) is 213 Å². The quantitative estimate of drug-likeness (QED) is 0.0553. The van der Waals surface area contributed by atoms with Gasteiger partial charge in [-0.25, -0.2) is 0 Å². The van der Waals surface area contributed by atoms with Crippen molar-refractivity contribution in [2.24, 2.45) is 0 Å². The Labute approximate surface area is 273 Å². The van der Waals surface area contributed by atoms with Crippen LogP contribution in [0.15, 0.2) is 0 Å². The molecule has 0 rings (SSSR count). The van der Waals surface area contributed by atoms with Gasteiger partial charge in [0.25, 0.3) is 0 Å². The molecule has 0 aromatic rings. The van der Waals surface area contributed by atoms with Crippen molar-refractivity contribution in [1.29, 1.82) is 0 Å². The molecule has 0 amide bonds. The highest BCUT2D eigenvalue weighted by molar-refractivity contribution is 7.99. The van der Waals surface area contributed by atoms with E-state index in [2.05, 4.69) is 13.8 Å². The Morgan fingerprint density at radius 1 is 0.488 bits per heavy atom. The lowest BCUT2D eigenvalue weighted by Crippen LogP contribution is -2.18. The molecule has 0 radical (unpaired) electrons. The molecule has 0 aliphatic carbocycles. The first-order valence-electron chi connectivity index (χ1n) is 19.1. The minimum atomic E-state index is -0.730. The molecule has 0 aliphatic heterocycles. The van der Waals surface area contributed by atoms with Crippen LogP contribution in [0.4, 0.5) is 0 Å². The van der Waals surface area contributed by atoms with E-state index in [1.165, 1.54) is 161 Å². The molecule has 0 aromatic carbocycles. The number of rotatable bonds is 36. The van der Waals surface area contributed by atoms with Gasteiger partial charge in [-0.3, -0.25) is 9.59 Å². The molecule has 43 heavy (non-hydrogen) atoms. The normalized spacial score (nSPS) is 12.0. The summed E-state index contributed by atoms with van der Waals surface area (Å²) in [5, 5.41) is 8.74. The lowest BCUT2D eigenvalue weighted by molar-refractivity contribution is -0.150. The zero-order chi connectivity index (χ0) is 31.5. The molecule has 1 atom stereocenters. The van der Waals surface area contributed by atoms with E-state index >= 15 is 0 Å². The van der Waals surface area contributed by atoms with Gasteiger partial charge in [-0.1, -0.05) is 162 Å². The highest BCUT2D eigenvalue weighted by Gasteiger charge is 2.14. The van der Waals surface area contributed by atoms with Crippen LogP contribution in [0.25, 0.3) is 0 Å². The van der Waals surface area contributed by atoms with Crippen LogP contribution >= 0.6 is 11.8 Å². The second-order valence-corrected chi connectivity index (χ2v) is 14.3. The summed E-state index contributed by atoms with van der Waals surface area (Å²) < 4.78 is 5.99. The molecule has 0 bridgehead atoms. The number of ether oxygens (including phenoxy) is 1. The second-order valence-electron chi connectivity index (χ2n) is 13.0. The lowest BCUT2D eigenvalue weighted by atomic mass is 10.0. The van der Waals surface area contributed by atoms with Gasteiger partial charge in [0.05, 0.1) is 0 Å². The number of unbranched alkanes of at least 4 members (excludes halogenated alkanes) is 23. The summed E-state index contributed by atoms with van der Waals surface area (Å²) >= 11 is 1.75. The van der Waals surface area contributed by atoms with Crippen molar-refractivity contribution in [1.82, 2.24) is 0 Å². The van der Waals surface area contributed by atoms with Crippen LogP contribution in [0, 0.1) is 0 Å². The minimum absolute atomic E-state index is 0.0378. The van der Waals surface area contributed by atoms with E-state index in [4.69, 9.17) is 9.84 Å². The van der Waals surface area contributed by atoms with Crippen molar-refractivity contribution in [3.8, 4) is 0 Å². The van der Waals surface area contributed by atoms with Gasteiger partial charge < -0.3 is 9.84 Å². The largest absolute Gasteiger partial charge is 0.481 e. The molecular formula is C38H74O4S. The molecular weight excluding hydrogens is 552 g/mol. The first-order chi connectivity index (χ1) is 21.1. The summed E-state index contributed by atoms with van der Waals surface area (Å²) in [5.74, 6) is 0.981. The Morgan fingerprint density at radius 2 is 0.814 bits per heavy atom. The van der Waals surface area contributed by atoms with Crippen molar-refractivity contribution in [3.63, 3.8) is 0 Å². The van der Waals surface area contributed by atoms with Crippen molar-refractivity contribution < 1.29 is 19.4 Å². The number of aliphatic carboxylic acids is 1. The van der Waals surface area contributed by atoms with Crippen LogP contribution in [0.5, 0.6) is 0 Å². The van der Waals surface area contributed by atoms with E-state index < -0.39 is 5.97 Å². The van der Waals surface area contributed by atoms with Gasteiger partial charge in [0.15, 0.2) is 0 Å². The summed E-state index contributed by atoms with van der Waals surface area (Å²) in [7, 11) is 0. The fourth-order valence-electron chi connectivity index (χ4n) is 5.86. The van der Waals surface area contributed by atoms with Gasteiger partial charge in [-0.05, 0) is 50.0 Å². The zero-order valence-electron chi connectivity index (χ0n) is 29.0. The Bertz CT molecular complexity index is 582. The predicted octanol–water partition coefficient (Wildman–Crippen LogP) is 12.8. The number of hydrogen-bond donors (Lipinski definition) is 1. The van der Waals surface area contributed by atoms with Crippen molar-refractivity contribution >= 4 is 23.7 Å². The van der Waals surface area contributed by atoms with Crippen LogP contribution in [-0.2, 0) is 14.3 Å². The zero-order valence-corrected chi connectivity index (χ0v) is 29.8. The summed E-state index contributed by atoms with van der Waals surface area (Å²) in [6, 6.07) is 0. The van der Waals surface area contributed by atoms with Crippen molar-refractivity contribution in [3.05, 3.63) is 0 Å². The third-order valence-corrected chi connectivity index (χ3v) is 9.81. The molecule has 0 aromatic heterocycles. The van der Waals surface area contributed by atoms with Crippen LogP contribution in [0.2, 0.25) is 0 Å². The smallest absolute Gasteiger partial charge is 0.306 e. The average Bonchev–Trinajstić information content (AvgIpc) is 2.99.